The molecule has 0 fully saturated rings. The normalized spacial score (nSPS) is 10.2. The molecule has 0 aliphatic carbocycles. The van der Waals surface area contributed by atoms with Crippen molar-refractivity contribution in [3.8, 4) is 17.6 Å². The van der Waals surface area contributed by atoms with Crippen LogP contribution >= 0.6 is 0 Å². The number of aromatic nitrogens is 4. The van der Waals surface area contributed by atoms with Crippen molar-refractivity contribution in [1.82, 2.24) is 19.7 Å². The zero-order valence-corrected chi connectivity index (χ0v) is 8.92. The van der Waals surface area contributed by atoms with Crippen LogP contribution in [0, 0.1) is 11.3 Å². The van der Waals surface area contributed by atoms with Gasteiger partial charge in [-0.3, -0.25) is 0 Å². The third kappa shape index (κ3) is 2.08. The molecule has 0 unspecified atom stereocenters. The second kappa shape index (κ2) is 4.57. The molecule has 0 N–H and O–H groups in total. The van der Waals surface area contributed by atoms with Crippen LogP contribution in [-0.2, 0) is 13.5 Å². The number of nitrogens with zero attached hydrogens (tertiary/aromatic N) is 5. The lowest BCUT2D eigenvalue weighted by atomic mass is 10.2. The van der Waals surface area contributed by atoms with Crippen LogP contribution in [0.15, 0.2) is 17.0 Å². The van der Waals surface area contributed by atoms with Crippen LogP contribution in [0.1, 0.15) is 18.7 Å². The van der Waals surface area contributed by atoms with Gasteiger partial charge >= 0.3 is 0 Å². The fourth-order valence-corrected chi connectivity index (χ4v) is 1.35. The standard InChI is InChI=1S/C10H11N5O/c1-15-7-12-6-8(15)10-13-9(16-14-10)4-2-3-5-11/h6-7H,2-4H2,1H3. The molecule has 0 saturated carbocycles. The maximum Gasteiger partial charge on any atom is 0.227 e. The molecule has 0 amide bonds. The molecule has 0 aliphatic heterocycles. The van der Waals surface area contributed by atoms with Crippen LogP contribution in [0.2, 0.25) is 0 Å². The number of unbranched alkanes of at least 4 members (excludes halogenated alkanes) is 1. The third-order valence-electron chi connectivity index (χ3n) is 2.19. The average Bonchev–Trinajstić information content (AvgIpc) is 2.87. The Morgan fingerprint density at radius 2 is 2.44 bits per heavy atom. The molecule has 2 heterocycles. The van der Waals surface area contributed by atoms with Gasteiger partial charge in [0.2, 0.25) is 11.7 Å². The molecule has 16 heavy (non-hydrogen) atoms. The monoisotopic (exact) mass is 217 g/mol. The zero-order valence-electron chi connectivity index (χ0n) is 8.92. The molecule has 0 aromatic carbocycles. The summed E-state index contributed by atoms with van der Waals surface area (Å²) < 4.78 is 6.90. The Bertz CT molecular complexity index is 507. The molecule has 82 valence electrons. The zero-order chi connectivity index (χ0) is 11.4. The summed E-state index contributed by atoms with van der Waals surface area (Å²) in [5, 5.41) is 12.3. The van der Waals surface area contributed by atoms with Gasteiger partial charge in [-0.1, -0.05) is 5.16 Å². The van der Waals surface area contributed by atoms with E-state index in [2.05, 4.69) is 21.2 Å². The molecule has 0 radical (unpaired) electrons. The van der Waals surface area contributed by atoms with Gasteiger partial charge in [0, 0.05) is 19.9 Å². The fourth-order valence-electron chi connectivity index (χ4n) is 1.35. The highest BCUT2D eigenvalue weighted by molar-refractivity contribution is 5.46. The highest BCUT2D eigenvalue weighted by Crippen LogP contribution is 2.14. The summed E-state index contributed by atoms with van der Waals surface area (Å²) in [6.45, 7) is 0. The summed E-state index contributed by atoms with van der Waals surface area (Å²) in [5.74, 6) is 1.10. The number of imidazole rings is 1. The number of aryl methyl sites for hydroxylation is 2. The molecule has 0 spiro atoms. The summed E-state index contributed by atoms with van der Waals surface area (Å²) in [4.78, 5) is 8.22. The molecule has 0 bridgehead atoms. The summed E-state index contributed by atoms with van der Waals surface area (Å²) in [6.07, 6.45) is 5.25. The summed E-state index contributed by atoms with van der Waals surface area (Å²) >= 11 is 0. The van der Waals surface area contributed by atoms with Crippen LogP contribution in [0.25, 0.3) is 11.5 Å². The number of nitriles is 1. The molecule has 6 nitrogen and oxygen atoms in total. The van der Waals surface area contributed by atoms with Gasteiger partial charge in [0.1, 0.15) is 5.69 Å². The maximum absolute atomic E-state index is 8.41. The number of rotatable bonds is 4. The average molecular weight is 217 g/mol. The first-order valence-corrected chi connectivity index (χ1v) is 4.97. The predicted molar refractivity (Wildman–Crippen MR) is 55.1 cm³/mol. The van der Waals surface area contributed by atoms with Gasteiger partial charge in [0.25, 0.3) is 0 Å². The molecule has 6 heteroatoms. The van der Waals surface area contributed by atoms with E-state index >= 15 is 0 Å². The van der Waals surface area contributed by atoms with Crippen molar-refractivity contribution < 1.29 is 4.52 Å². The van der Waals surface area contributed by atoms with Gasteiger partial charge in [-0.2, -0.15) is 10.2 Å². The van der Waals surface area contributed by atoms with Gasteiger partial charge < -0.3 is 9.09 Å². The lowest BCUT2D eigenvalue weighted by Gasteiger charge is -1.93. The number of hydrogen-bond donors (Lipinski definition) is 0. The quantitative estimate of drug-likeness (QED) is 0.721. The van der Waals surface area contributed by atoms with E-state index in [0.29, 0.717) is 24.6 Å². The molecule has 0 atom stereocenters. The minimum Gasteiger partial charge on any atom is -0.339 e. The Balaban J connectivity index is 2.09. The van der Waals surface area contributed by atoms with E-state index in [4.69, 9.17) is 9.78 Å². The Hall–Kier alpha value is -2.16. The van der Waals surface area contributed by atoms with Crippen LogP contribution in [0.5, 0.6) is 0 Å². The highest BCUT2D eigenvalue weighted by Gasteiger charge is 2.10. The van der Waals surface area contributed by atoms with Crippen molar-refractivity contribution in [2.75, 3.05) is 0 Å². The van der Waals surface area contributed by atoms with Gasteiger partial charge in [0.05, 0.1) is 18.6 Å². The second-order valence-electron chi connectivity index (χ2n) is 3.41. The molecule has 2 rings (SSSR count). The smallest absolute Gasteiger partial charge is 0.227 e. The highest BCUT2D eigenvalue weighted by atomic mass is 16.5. The predicted octanol–water partition coefficient (Wildman–Crippen LogP) is 1.32. The van der Waals surface area contributed by atoms with Crippen LogP contribution in [0.3, 0.4) is 0 Å². The van der Waals surface area contributed by atoms with Gasteiger partial charge in [-0.15, -0.1) is 0 Å². The largest absolute Gasteiger partial charge is 0.339 e. The van der Waals surface area contributed by atoms with E-state index < -0.39 is 0 Å². The van der Waals surface area contributed by atoms with E-state index in [0.717, 1.165) is 12.1 Å². The molecule has 2 aromatic rings. The van der Waals surface area contributed by atoms with E-state index in [1.165, 1.54) is 0 Å². The van der Waals surface area contributed by atoms with Gasteiger partial charge in [-0.25, -0.2) is 4.98 Å². The van der Waals surface area contributed by atoms with E-state index in [1.807, 2.05) is 11.6 Å². The Kier molecular flexibility index (Phi) is 2.96. The summed E-state index contributed by atoms with van der Waals surface area (Å²) in [6, 6.07) is 2.08. The minimum atomic E-state index is 0.503. The molecular formula is C10H11N5O. The molecular weight excluding hydrogens is 206 g/mol. The van der Waals surface area contributed by atoms with E-state index in [9.17, 15) is 0 Å². The lowest BCUT2D eigenvalue weighted by Crippen LogP contribution is -1.91. The Labute approximate surface area is 92.5 Å². The SMILES string of the molecule is Cn1cncc1-c1noc(CCCC#N)n1. The van der Waals surface area contributed by atoms with Crippen molar-refractivity contribution >= 4 is 0 Å². The topological polar surface area (TPSA) is 80.5 Å². The minimum absolute atomic E-state index is 0.503. The lowest BCUT2D eigenvalue weighted by molar-refractivity contribution is 0.376. The van der Waals surface area contributed by atoms with Crippen LogP contribution in [-0.4, -0.2) is 19.7 Å². The second-order valence-corrected chi connectivity index (χ2v) is 3.41. The Morgan fingerprint density at radius 1 is 1.56 bits per heavy atom. The fraction of sp³-hybridized carbons (Fsp3) is 0.400. The maximum atomic E-state index is 8.41. The Morgan fingerprint density at radius 3 is 3.12 bits per heavy atom. The van der Waals surface area contributed by atoms with Crippen molar-refractivity contribution in [2.24, 2.45) is 7.05 Å². The van der Waals surface area contributed by atoms with Gasteiger partial charge in [0.15, 0.2) is 0 Å². The van der Waals surface area contributed by atoms with Gasteiger partial charge in [-0.05, 0) is 6.42 Å². The van der Waals surface area contributed by atoms with E-state index in [1.54, 1.807) is 12.5 Å². The molecule has 0 saturated heterocycles. The number of hydrogen-bond acceptors (Lipinski definition) is 5. The molecule has 0 aliphatic rings. The summed E-state index contributed by atoms with van der Waals surface area (Å²) in [5.41, 5.74) is 0.815. The molecule has 2 aromatic heterocycles. The first kappa shape index (κ1) is 10.4. The third-order valence-corrected chi connectivity index (χ3v) is 2.19. The van der Waals surface area contributed by atoms with Crippen molar-refractivity contribution in [3.05, 3.63) is 18.4 Å². The van der Waals surface area contributed by atoms with Crippen molar-refractivity contribution in [2.45, 2.75) is 19.3 Å². The summed E-state index contributed by atoms with van der Waals surface area (Å²) in [7, 11) is 1.87. The van der Waals surface area contributed by atoms with Crippen LogP contribution in [0.4, 0.5) is 0 Å². The van der Waals surface area contributed by atoms with Crippen molar-refractivity contribution in [1.29, 1.82) is 5.26 Å². The first-order chi connectivity index (χ1) is 7.81. The van der Waals surface area contributed by atoms with Crippen molar-refractivity contribution in [3.63, 3.8) is 0 Å². The van der Waals surface area contributed by atoms with E-state index in [-0.39, 0.29) is 0 Å². The first-order valence-electron chi connectivity index (χ1n) is 4.97. The van der Waals surface area contributed by atoms with Crippen LogP contribution < -0.4 is 0 Å².